The molecule has 0 saturated heterocycles. The topological polar surface area (TPSA) is 122 Å². The lowest BCUT2D eigenvalue weighted by Crippen LogP contribution is -2.22. The zero-order valence-corrected chi connectivity index (χ0v) is 19.9. The highest BCUT2D eigenvalue weighted by Crippen LogP contribution is 2.34. The second-order valence-electron chi connectivity index (χ2n) is 7.52. The molecule has 178 valence electrons. The Bertz CT molecular complexity index is 1280. The Morgan fingerprint density at radius 1 is 1.03 bits per heavy atom. The first-order valence-corrected chi connectivity index (χ1v) is 11.2. The molecule has 0 aliphatic heterocycles. The van der Waals surface area contributed by atoms with Gasteiger partial charge in [-0.3, -0.25) is 9.59 Å². The van der Waals surface area contributed by atoms with Crippen LogP contribution in [0, 0.1) is 6.92 Å². The minimum Gasteiger partial charge on any atom is -0.507 e. The van der Waals surface area contributed by atoms with Gasteiger partial charge in [0.2, 0.25) is 0 Å². The van der Waals surface area contributed by atoms with Gasteiger partial charge in [-0.25, -0.2) is 9.59 Å². The van der Waals surface area contributed by atoms with Crippen molar-refractivity contribution in [1.82, 2.24) is 4.90 Å². The summed E-state index contributed by atoms with van der Waals surface area (Å²) in [4.78, 5) is 51.6. The second kappa shape index (κ2) is 10.3. The Balaban J connectivity index is 1.77. The van der Waals surface area contributed by atoms with Gasteiger partial charge in [0.25, 0.3) is 11.8 Å². The number of nitrogens with one attached hydrogen (secondary N) is 1. The molecule has 1 heterocycles. The van der Waals surface area contributed by atoms with Crippen molar-refractivity contribution in [3.63, 3.8) is 0 Å². The van der Waals surface area contributed by atoms with Gasteiger partial charge in [0.05, 0.1) is 17.0 Å². The summed E-state index contributed by atoms with van der Waals surface area (Å²) in [5, 5.41) is 14.3. The maximum atomic E-state index is 12.5. The Kier molecular flexibility index (Phi) is 7.52. The van der Waals surface area contributed by atoms with Crippen LogP contribution in [0.3, 0.4) is 0 Å². The summed E-state index contributed by atoms with van der Waals surface area (Å²) in [5.74, 6) is -2.87. The van der Waals surface area contributed by atoms with Gasteiger partial charge >= 0.3 is 11.9 Å². The number of amides is 2. The molecule has 0 aliphatic rings. The molecule has 10 heteroatoms. The van der Waals surface area contributed by atoms with Gasteiger partial charge in [-0.15, -0.1) is 11.3 Å². The van der Waals surface area contributed by atoms with Crippen LogP contribution < -0.4 is 5.32 Å². The predicted octanol–water partition coefficient (Wildman–Crippen LogP) is 3.59. The Morgan fingerprint density at radius 3 is 2.29 bits per heavy atom. The molecule has 3 aromatic rings. The molecule has 1 aromatic heterocycles. The minimum absolute atomic E-state index is 0.0731. The molecule has 9 nitrogen and oxygen atoms in total. The standard InChI is InChI=1S/C24H24N2O7S/c1-5-32-24(31)19-13(2)20(22(29)26(3)4)34-21(19)25-18(28)12-33-23(30)16-10-14-8-6-7-9-15(14)11-17(16)27/h6-11,27H,5,12H2,1-4H3,(H,25,28). The molecular formula is C24H24N2O7S. The van der Waals surface area contributed by atoms with E-state index in [1.54, 1.807) is 52.2 Å². The summed E-state index contributed by atoms with van der Waals surface area (Å²) < 4.78 is 10.1. The smallest absolute Gasteiger partial charge is 0.342 e. The van der Waals surface area contributed by atoms with Gasteiger partial charge in [0.1, 0.15) is 16.3 Å². The molecule has 2 N–H and O–H groups in total. The van der Waals surface area contributed by atoms with Crippen LogP contribution in [0.1, 0.15) is 42.9 Å². The molecule has 34 heavy (non-hydrogen) atoms. The van der Waals surface area contributed by atoms with Crippen molar-refractivity contribution in [1.29, 1.82) is 0 Å². The van der Waals surface area contributed by atoms with E-state index < -0.39 is 24.5 Å². The molecule has 0 radical (unpaired) electrons. The van der Waals surface area contributed by atoms with Crippen molar-refractivity contribution in [2.24, 2.45) is 0 Å². The maximum Gasteiger partial charge on any atom is 0.342 e. The highest BCUT2D eigenvalue weighted by molar-refractivity contribution is 7.18. The van der Waals surface area contributed by atoms with E-state index >= 15 is 0 Å². The molecule has 0 fully saturated rings. The predicted molar refractivity (Wildman–Crippen MR) is 128 cm³/mol. The van der Waals surface area contributed by atoms with Crippen molar-refractivity contribution < 1.29 is 33.8 Å². The summed E-state index contributed by atoms with van der Waals surface area (Å²) in [6, 6.07) is 10.1. The molecule has 0 unspecified atom stereocenters. The third-order valence-electron chi connectivity index (χ3n) is 4.90. The molecule has 3 rings (SSSR count). The molecule has 0 atom stereocenters. The average Bonchev–Trinajstić information content (AvgIpc) is 3.11. The number of fused-ring (bicyclic) bond motifs is 1. The lowest BCUT2D eigenvalue weighted by atomic mass is 10.1. The van der Waals surface area contributed by atoms with Gasteiger partial charge < -0.3 is 24.8 Å². The molecule has 2 aromatic carbocycles. The van der Waals surface area contributed by atoms with E-state index in [-0.39, 0.29) is 39.3 Å². The summed E-state index contributed by atoms with van der Waals surface area (Å²) in [6.45, 7) is 2.69. The molecule has 0 saturated carbocycles. The second-order valence-corrected chi connectivity index (χ2v) is 8.54. The normalized spacial score (nSPS) is 10.6. The van der Waals surface area contributed by atoms with E-state index in [1.165, 1.54) is 17.0 Å². The van der Waals surface area contributed by atoms with Crippen molar-refractivity contribution in [3.05, 3.63) is 58.0 Å². The largest absolute Gasteiger partial charge is 0.507 e. The van der Waals surface area contributed by atoms with Crippen molar-refractivity contribution in [3.8, 4) is 5.75 Å². The maximum absolute atomic E-state index is 12.5. The van der Waals surface area contributed by atoms with Crippen LogP contribution in [-0.4, -0.2) is 61.1 Å². The van der Waals surface area contributed by atoms with Crippen molar-refractivity contribution in [2.75, 3.05) is 32.6 Å². The third kappa shape index (κ3) is 5.18. The van der Waals surface area contributed by atoms with E-state index in [2.05, 4.69) is 5.32 Å². The SMILES string of the molecule is CCOC(=O)c1c(NC(=O)COC(=O)c2cc3ccccc3cc2O)sc(C(=O)N(C)C)c1C. The van der Waals surface area contributed by atoms with Crippen LogP contribution in [0.25, 0.3) is 10.8 Å². The van der Waals surface area contributed by atoms with Crippen LogP contribution in [0.2, 0.25) is 0 Å². The van der Waals surface area contributed by atoms with E-state index in [9.17, 15) is 24.3 Å². The first-order valence-electron chi connectivity index (χ1n) is 10.3. The van der Waals surface area contributed by atoms with Crippen molar-refractivity contribution >= 4 is 50.9 Å². The Hall–Kier alpha value is -3.92. The highest BCUT2D eigenvalue weighted by Gasteiger charge is 2.27. The quantitative estimate of drug-likeness (QED) is 0.492. The van der Waals surface area contributed by atoms with Gasteiger partial charge in [-0.05, 0) is 42.3 Å². The van der Waals surface area contributed by atoms with Crippen LogP contribution in [0.15, 0.2) is 36.4 Å². The fourth-order valence-electron chi connectivity index (χ4n) is 3.22. The van der Waals surface area contributed by atoms with E-state index in [0.29, 0.717) is 5.56 Å². The van der Waals surface area contributed by atoms with E-state index in [1.807, 2.05) is 0 Å². The van der Waals surface area contributed by atoms with Gasteiger partial charge in [-0.2, -0.15) is 0 Å². The number of rotatable bonds is 7. The monoisotopic (exact) mass is 484 g/mol. The number of hydrogen-bond acceptors (Lipinski definition) is 8. The molecule has 0 bridgehead atoms. The lowest BCUT2D eigenvalue weighted by Gasteiger charge is -2.09. The zero-order valence-electron chi connectivity index (χ0n) is 19.1. The summed E-state index contributed by atoms with van der Waals surface area (Å²) >= 11 is 0.935. The number of phenolic OH excluding ortho intramolecular Hbond substituents is 1. The van der Waals surface area contributed by atoms with Gasteiger partial charge in [0.15, 0.2) is 6.61 Å². The number of ether oxygens (including phenoxy) is 2. The fraction of sp³-hybridized carbons (Fsp3) is 0.250. The molecular weight excluding hydrogens is 460 g/mol. The van der Waals surface area contributed by atoms with Crippen LogP contribution in [0.4, 0.5) is 5.00 Å². The highest BCUT2D eigenvalue weighted by atomic mass is 32.1. The number of esters is 2. The number of anilines is 1. The van der Waals surface area contributed by atoms with Crippen molar-refractivity contribution in [2.45, 2.75) is 13.8 Å². The molecule has 0 aliphatic carbocycles. The van der Waals surface area contributed by atoms with E-state index in [4.69, 9.17) is 9.47 Å². The summed E-state index contributed by atoms with van der Waals surface area (Å²) in [7, 11) is 3.15. The number of carbonyl (C=O) groups is 4. The van der Waals surface area contributed by atoms with Crippen LogP contribution in [0.5, 0.6) is 5.75 Å². The average molecular weight is 485 g/mol. The minimum atomic E-state index is -0.880. The molecule has 0 spiro atoms. The summed E-state index contributed by atoms with van der Waals surface area (Å²) in [5.41, 5.74) is 0.379. The first-order chi connectivity index (χ1) is 16.1. The number of nitrogens with zero attached hydrogens (tertiary/aromatic N) is 1. The number of carbonyl (C=O) groups excluding carboxylic acids is 4. The zero-order chi connectivity index (χ0) is 25.0. The number of phenols is 1. The van der Waals surface area contributed by atoms with E-state index in [0.717, 1.165) is 22.1 Å². The van der Waals surface area contributed by atoms with Gasteiger partial charge in [0, 0.05) is 14.1 Å². The summed E-state index contributed by atoms with van der Waals surface area (Å²) in [6.07, 6.45) is 0. The lowest BCUT2D eigenvalue weighted by molar-refractivity contribution is -0.119. The first kappa shape index (κ1) is 24.7. The fourth-order valence-corrected chi connectivity index (χ4v) is 4.45. The third-order valence-corrected chi connectivity index (χ3v) is 6.09. The number of aromatic hydroxyl groups is 1. The van der Waals surface area contributed by atoms with Crippen LogP contribution in [-0.2, 0) is 14.3 Å². The Labute approximate surface area is 199 Å². The molecule has 2 amide bonds. The van der Waals surface area contributed by atoms with Crippen LogP contribution >= 0.6 is 11.3 Å². The van der Waals surface area contributed by atoms with Gasteiger partial charge in [-0.1, -0.05) is 24.3 Å². The number of thiophene rings is 1. The number of hydrogen-bond donors (Lipinski definition) is 2. The Morgan fingerprint density at radius 2 is 1.68 bits per heavy atom. The number of benzene rings is 2.